The van der Waals surface area contributed by atoms with Gasteiger partial charge in [-0.15, -0.1) is 0 Å². The quantitative estimate of drug-likeness (QED) is 0.769. The van der Waals surface area contributed by atoms with Gasteiger partial charge in [-0.2, -0.15) is 13.2 Å². The maximum absolute atomic E-state index is 12.7. The molecule has 0 aliphatic carbocycles. The molecule has 0 spiro atoms. The Balaban J connectivity index is 1.96. The molecular weight excluding hydrogens is 333 g/mol. The van der Waals surface area contributed by atoms with Crippen LogP contribution in [0, 0.1) is 6.92 Å². The number of carbonyl (C=O) groups excluding carboxylic acids is 1. The molecule has 0 aliphatic heterocycles. The number of rotatable bonds is 5. The number of hydrogen-bond donors (Lipinski definition) is 3. The van der Waals surface area contributed by atoms with Crippen LogP contribution in [-0.4, -0.2) is 16.9 Å². The van der Waals surface area contributed by atoms with Gasteiger partial charge < -0.3 is 16.8 Å². The standard InChI is InChI=1S/C17H19F3N4O/c1-10-12(5-6-15(22)24-10)9-23-16(25)14(21)8-11-3-2-4-13(7-11)17(18,19)20/h2-7,14H,8-9,21H2,1H3,(H2,22,24)(H,23,25)/t14-/m0/s1. The van der Waals surface area contributed by atoms with Crippen LogP contribution in [0.2, 0.25) is 0 Å². The smallest absolute Gasteiger partial charge is 0.384 e. The number of anilines is 1. The Kier molecular flexibility index (Phi) is 5.63. The third-order valence-electron chi connectivity index (χ3n) is 3.72. The molecule has 0 fully saturated rings. The molecule has 1 amide bonds. The Morgan fingerprint density at radius 3 is 2.64 bits per heavy atom. The molecule has 25 heavy (non-hydrogen) atoms. The lowest BCUT2D eigenvalue weighted by molar-refractivity contribution is -0.137. The number of nitrogen functional groups attached to an aromatic ring is 1. The normalized spacial score (nSPS) is 12.7. The van der Waals surface area contributed by atoms with Gasteiger partial charge in [-0.05, 0) is 36.6 Å². The van der Waals surface area contributed by atoms with E-state index in [9.17, 15) is 18.0 Å². The second kappa shape index (κ2) is 7.52. The Morgan fingerprint density at radius 2 is 2.00 bits per heavy atom. The Labute approximate surface area is 143 Å². The average molecular weight is 352 g/mol. The molecule has 1 atom stereocenters. The Bertz CT molecular complexity index is 762. The van der Waals surface area contributed by atoms with Crippen molar-refractivity contribution < 1.29 is 18.0 Å². The largest absolute Gasteiger partial charge is 0.416 e. The first kappa shape index (κ1) is 18.7. The van der Waals surface area contributed by atoms with Crippen LogP contribution in [0.4, 0.5) is 19.0 Å². The van der Waals surface area contributed by atoms with E-state index < -0.39 is 23.7 Å². The first-order valence-corrected chi connectivity index (χ1v) is 7.58. The number of carbonyl (C=O) groups is 1. The van der Waals surface area contributed by atoms with E-state index in [4.69, 9.17) is 11.5 Å². The number of nitrogens with two attached hydrogens (primary N) is 2. The molecule has 0 aliphatic rings. The van der Waals surface area contributed by atoms with Crippen LogP contribution in [0.5, 0.6) is 0 Å². The summed E-state index contributed by atoms with van der Waals surface area (Å²) < 4.78 is 38.1. The van der Waals surface area contributed by atoms with E-state index in [1.165, 1.54) is 12.1 Å². The number of nitrogens with one attached hydrogen (secondary N) is 1. The summed E-state index contributed by atoms with van der Waals surface area (Å²) in [5.41, 5.74) is 12.4. The van der Waals surface area contributed by atoms with Crippen LogP contribution in [0.15, 0.2) is 36.4 Å². The Morgan fingerprint density at radius 1 is 1.28 bits per heavy atom. The van der Waals surface area contributed by atoms with Gasteiger partial charge in [0.15, 0.2) is 0 Å². The summed E-state index contributed by atoms with van der Waals surface area (Å²) in [6.45, 7) is 1.98. The fourth-order valence-corrected chi connectivity index (χ4v) is 2.33. The maximum Gasteiger partial charge on any atom is 0.416 e. The highest BCUT2D eigenvalue weighted by molar-refractivity contribution is 5.81. The zero-order chi connectivity index (χ0) is 18.6. The minimum Gasteiger partial charge on any atom is -0.384 e. The summed E-state index contributed by atoms with van der Waals surface area (Å²) in [6, 6.07) is 7.20. The lowest BCUT2D eigenvalue weighted by atomic mass is 10.0. The van der Waals surface area contributed by atoms with Crippen molar-refractivity contribution in [1.29, 1.82) is 0 Å². The van der Waals surface area contributed by atoms with Crippen molar-refractivity contribution in [3.05, 3.63) is 58.8 Å². The van der Waals surface area contributed by atoms with Gasteiger partial charge in [-0.3, -0.25) is 4.79 Å². The van der Waals surface area contributed by atoms with Crippen LogP contribution in [0.3, 0.4) is 0 Å². The van der Waals surface area contributed by atoms with Gasteiger partial charge in [-0.25, -0.2) is 4.98 Å². The zero-order valence-corrected chi connectivity index (χ0v) is 13.6. The number of nitrogens with zero attached hydrogens (tertiary/aromatic N) is 1. The minimum absolute atomic E-state index is 0.00865. The van der Waals surface area contributed by atoms with Crippen molar-refractivity contribution in [2.75, 3.05) is 5.73 Å². The van der Waals surface area contributed by atoms with Gasteiger partial charge in [0, 0.05) is 12.2 Å². The molecule has 0 radical (unpaired) electrons. The molecule has 0 unspecified atom stereocenters. The topological polar surface area (TPSA) is 94.0 Å². The van der Waals surface area contributed by atoms with E-state index in [1.54, 1.807) is 19.1 Å². The second-order valence-corrected chi connectivity index (χ2v) is 5.71. The summed E-state index contributed by atoms with van der Waals surface area (Å²) in [4.78, 5) is 16.2. The van der Waals surface area contributed by atoms with E-state index in [0.29, 0.717) is 17.1 Å². The maximum atomic E-state index is 12.7. The van der Waals surface area contributed by atoms with E-state index >= 15 is 0 Å². The fraction of sp³-hybridized carbons (Fsp3) is 0.294. The Hall–Kier alpha value is -2.61. The molecular formula is C17H19F3N4O. The number of aromatic nitrogens is 1. The number of hydrogen-bond acceptors (Lipinski definition) is 4. The molecule has 1 heterocycles. The van der Waals surface area contributed by atoms with E-state index in [2.05, 4.69) is 10.3 Å². The van der Waals surface area contributed by atoms with Crippen molar-refractivity contribution in [1.82, 2.24) is 10.3 Å². The van der Waals surface area contributed by atoms with Crippen molar-refractivity contribution in [3.8, 4) is 0 Å². The molecule has 8 heteroatoms. The van der Waals surface area contributed by atoms with Crippen LogP contribution in [0.1, 0.15) is 22.4 Å². The van der Waals surface area contributed by atoms with Crippen molar-refractivity contribution in [3.63, 3.8) is 0 Å². The van der Waals surface area contributed by atoms with Crippen molar-refractivity contribution >= 4 is 11.7 Å². The summed E-state index contributed by atoms with van der Waals surface area (Å²) in [5, 5.41) is 2.66. The van der Waals surface area contributed by atoms with Gasteiger partial charge >= 0.3 is 6.18 Å². The summed E-state index contributed by atoms with van der Waals surface area (Å²) in [5.74, 6) is -0.0672. The molecule has 0 saturated heterocycles. The molecule has 5 N–H and O–H groups in total. The van der Waals surface area contributed by atoms with Gasteiger partial charge in [-0.1, -0.05) is 24.3 Å². The second-order valence-electron chi connectivity index (χ2n) is 5.71. The van der Waals surface area contributed by atoms with Crippen LogP contribution < -0.4 is 16.8 Å². The zero-order valence-electron chi connectivity index (χ0n) is 13.6. The lowest BCUT2D eigenvalue weighted by Gasteiger charge is -2.14. The van der Waals surface area contributed by atoms with Gasteiger partial charge in [0.25, 0.3) is 0 Å². The first-order chi connectivity index (χ1) is 11.7. The number of alkyl halides is 3. The van der Waals surface area contributed by atoms with Crippen LogP contribution in [-0.2, 0) is 23.9 Å². The number of halogens is 3. The summed E-state index contributed by atoms with van der Waals surface area (Å²) in [6.07, 6.45) is -4.42. The summed E-state index contributed by atoms with van der Waals surface area (Å²) in [7, 11) is 0. The fourth-order valence-electron chi connectivity index (χ4n) is 2.33. The van der Waals surface area contributed by atoms with Crippen molar-refractivity contribution in [2.45, 2.75) is 32.1 Å². The molecule has 2 rings (SSSR count). The predicted octanol–water partition coefficient (Wildman–Crippen LogP) is 2.18. The molecule has 134 valence electrons. The van der Waals surface area contributed by atoms with Crippen molar-refractivity contribution in [2.24, 2.45) is 5.73 Å². The number of benzene rings is 1. The van der Waals surface area contributed by atoms with E-state index in [0.717, 1.165) is 17.7 Å². The van der Waals surface area contributed by atoms with Gasteiger partial charge in [0.1, 0.15) is 5.82 Å². The molecule has 1 aromatic carbocycles. The third kappa shape index (κ3) is 5.18. The number of pyridine rings is 1. The predicted molar refractivity (Wildman–Crippen MR) is 88.4 cm³/mol. The minimum atomic E-state index is -4.43. The molecule has 2 aromatic rings. The van der Waals surface area contributed by atoms with Crippen LogP contribution in [0.25, 0.3) is 0 Å². The van der Waals surface area contributed by atoms with Crippen LogP contribution >= 0.6 is 0 Å². The SMILES string of the molecule is Cc1nc(N)ccc1CNC(=O)[C@@H](N)Cc1cccc(C(F)(F)F)c1. The van der Waals surface area contributed by atoms with E-state index in [-0.39, 0.29) is 13.0 Å². The first-order valence-electron chi connectivity index (χ1n) is 7.58. The molecule has 0 bridgehead atoms. The van der Waals surface area contributed by atoms with E-state index in [1.807, 2.05) is 0 Å². The highest BCUT2D eigenvalue weighted by Crippen LogP contribution is 2.29. The highest BCUT2D eigenvalue weighted by atomic mass is 19.4. The third-order valence-corrected chi connectivity index (χ3v) is 3.72. The summed E-state index contributed by atoms with van der Waals surface area (Å²) >= 11 is 0. The van der Waals surface area contributed by atoms with Gasteiger partial charge in [0.2, 0.25) is 5.91 Å². The number of amides is 1. The highest BCUT2D eigenvalue weighted by Gasteiger charge is 2.30. The molecule has 0 saturated carbocycles. The lowest BCUT2D eigenvalue weighted by Crippen LogP contribution is -2.41. The monoisotopic (exact) mass is 352 g/mol. The molecule has 5 nitrogen and oxygen atoms in total. The molecule has 1 aromatic heterocycles. The van der Waals surface area contributed by atoms with Gasteiger partial charge in [0.05, 0.1) is 11.6 Å². The average Bonchev–Trinajstić information content (AvgIpc) is 2.53. The number of aryl methyl sites for hydroxylation is 1.